The number of aromatic nitrogens is 2. The fourth-order valence-electron chi connectivity index (χ4n) is 2.97. The van der Waals surface area contributed by atoms with Gasteiger partial charge in [0.15, 0.2) is 5.69 Å². The molecule has 1 aromatic rings. The summed E-state index contributed by atoms with van der Waals surface area (Å²) < 4.78 is 0. The first-order chi connectivity index (χ1) is 9.02. The number of piperidine rings is 1. The fourth-order valence-corrected chi connectivity index (χ4v) is 2.97. The van der Waals surface area contributed by atoms with Crippen LogP contribution in [0.4, 0.5) is 5.69 Å². The number of nitrogens with one attached hydrogen (secondary N) is 1. The van der Waals surface area contributed by atoms with Gasteiger partial charge in [-0.3, -0.25) is 9.89 Å². The number of hydrogen-bond donors (Lipinski definition) is 2. The normalized spacial score (nSPS) is 23.6. The highest BCUT2D eigenvalue weighted by Crippen LogP contribution is 2.24. The minimum absolute atomic E-state index is 0.0329. The zero-order chi connectivity index (χ0) is 14.0. The first-order valence-electron chi connectivity index (χ1n) is 7.14. The van der Waals surface area contributed by atoms with E-state index in [-0.39, 0.29) is 5.91 Å². The van der Waals surface area contributed by atoms with E-state index >= 15 is 0 Å². The predicted molar refractivity (Wildman–Crippen MR) is 75.8 cm³/mol. The third-order valence-corrected chi connectivity index (χ3v) is 3.74. The second-order valence-electron chi connectivity index (χ2n) is 5.87. The van der Waals surface area contributed by atoms with Gasteiger partial charge < -0.3 is 10.6 Å². The quantitative estimate of drug-likeness (QED) is 0.877. The third kappa shape index (κ3) is 2.91. The van der Waals surface area contributed by atoms with Crippen molar-refractivity contribution in [3.63, 3.8) is 0 Å². The van der Waals surface area contributed by atoms with Gasteiger partial charge in [0.1, 0.15) is 0 Å². The maximum Gasteiger partial charge on any atom is 0.276 e. The number of nitrogens with two attached hydrogens (primary N) is 1. The Hall–Kier alpha value is -1.52. The second-order valence-corrected chi connectivity index (χ2v) is 5.87. The lowest BCUT2D eigenvalue weighted by Gasteiger charge is -2.34. The number of H-pyrrole nitrogens is 1. The lowest BCUT2D eigenvalue weighted by molar-refractivity contribution is 0.0618. The van der Waals surface area contributed by atoms with E-state index in [2.05, 4.69) is 31.0 Å². The van der Waals surface area contributed by atoms with Crippen molar-refractivity contribution in [1.82, 2.24) is 15.1 Å². The largest absolute Gasteiger partial charge is 0.395 e. The Morgan fingerprint density at radius 1 is 1.42 bits per heavy atom. The first-order valence-corrected chi connectivity index (χ1v) is 7.14. The van der Waals surface area contributed by atoms with E-state index in [1.807, 2.05) is 4.90 Å². The molecule has 1 amide bonds. The molecule has 1 fully saturated rings. The molecule has 0 saturated carbocycles. The van der Waals surface area contributed by atoms with Crippen molar-refractivity contribution in [2.75, 3.05) is 18.8 Å². The molecule has 1 aliphatic heterocycles. The molecule has 5 nitrogen and oxygen atoms in total. The fraction of sp³-hybridized carbons (Fsp3) is 0.714. The summed E-state index contributed by atoms with van der Waals surface area (Å²) in [6, 6.07) is 0. The van der Waals surface area contributed by atoms with Crippen molar-refractivity contribution in [2.24, 2.45) is 11.8 Å². The molecule has 2 unspecified atom stereocenters. The smallest absolute Gasteiger partial charge is 0.276 e. The molecule has 0 radical (unpaired) electrons. The van der Waals surface area contributed by atoms with Crippen molar-refractivity contribution >= 4 is 11.6 Å². The summed E-state index contributed by atoms with van der Waals surface area (Å²) in [5.41, 5.74) is 7.82. The number of carbonyl (C=O) groups is 1. The molecule has 1 aromatic heterocycles. The van der Waals surface area contributed by atoms with Gasteiger partial charge in [0.2, 0.25) is 0 Å². The molecule has 0 aromatic carbocycles. The molecule has 2 rings (SSSR count). The van der Waals surface area contributed by atoms with Gasteiger partial charge in [-0.05, 0) is 24.7 Å². The molecule has 0 aliphatic carbocycles. The maximum absolute atomic E-state index is 12.5. The first kappa shape index (κ1) is 13.9. The van der Waals surface area contributed by atoms with E-state index < -0.39 is 0 Å². The van der Waals surface area contributed by atoms with E-state index in [1.54, 1.807) is 0 Å². The summed E-state index contributed by atoms with van der Waals surface area (Å²) in [5.74, 6) is 1.06. The van der Waals surface area contributed by atoms with Gasteiger partial charge in [-0.2, -0.15) is 5.10 Å². The van der Waals surface area contributed by atoms with Gasteiger partial charge >= 0.3 is 0 Å². The van der Waals surface area contributed by atoms with Crippen LogP contribution >= 0.6 is 0 Å². The maximum atomic E-state index is 12.5. The van der Waals surface area contributed by atoms with Crippen LogP contribution in [-0.4, -0.2) is 34.1 Å². The molecular formula is C14H24N4O. The van der Waals surface area contributed by atoms with Crippen molar-refractivity contribution in [2.45, 2.75) is 40.0 Å². The van der Waals surface area contributed by atoms with Crippen LogP contribution < -0.4 is 5.73 Å². The minimum atomic E-state index is -0.0329. The molecule has 2 heterocycles. The number of rotatable bonds is 3. The number of aromatic amines is 1. The number of hydrogen-bond acceptors (Lipinski definition) is 3. The summed E-state index contributed by atoms with van der Waals surface area (Å²) in [5, 5.41) is 7.01. The van der Waals surface area contributed by atoms with Crippen molar-refractivity contribution in [3.05, 3.63) is 11.4 Å². The Balaban J connectivity index is 2.15. The lowest BCUT2D eigenvalue weighted by Crippen LogP contribution is -2.42. The lowest BCUT2D eigenvalue weighted by atomic mass is 9.91. The number of nitrogen functional groups attached to an aromatic ring is 1. The number of aryl methyl sites for hydroxylation is 1. The molecule has 19 heavy (non-hydrogen) atoms. The van der Waals surface area contributed by atoms with Gasteiger partial charge in [0.25, 0.3) is 5.91 Å². The van der Waals surface area contributed by atoms with E-state index in [1.165, 1.54) is 6.42 Å². The number of nitrogens with zero attached hydrogens (tertiary/aromatic N) is 2. The highest BCUT2D eigenvalue weighted by atomic mass is 16.2. The molecule has 5 heteroatoms. The van der Waals surface area contributed by atoms with Gasteiger partial charge in [-0.1, -0.05) is 27.2 Å². The van der Waals surface area contributed by atoms with Crippen molar-refractivity contribution in [3.8, 4) is 0 Å². The molecule has 1 aliphatic rings. The van der Waals surface area contributed by atoms with Crippen molar-refractivity contribution < 1.29 is 4.79 Å². The van der Waals surface area contributed by atoms with Crippen LogP contribution in [0.15, 0.2) is 0 Å². The Bertz CT molecular complexity index is 444. The van der Waals surface area contributed by atoms with Gasteiger partial charge in [0.05, 0.1) is 11.4 Å². The molecule has 1 saturated heterocycles. The predicted octanol–water partition coefficient (Wildman–Crippen LogP) is 2.06. The van der Waals surface area contributed by atoms with Gasteiger partial charge in [-0.15, -0.1) is 0 Å². The van der Waals surface area contributed by atoms with Crippen LogP contribution in [0.3, 0.4) is 0 Å². The average molecular weight is 264 g/mol. The highest BCUT2D eigenvalue weighted by molar-refractivity contribution is 5.97. The van der Waals surface area contributed by atoms with E-state index in [4.69, 9.17) is 5.73 Å². The summed E-state index contributed by atoms with van der Waals surface area (Å²) in [7, 11) is 0. The Morgan fingerprint density at radius 2 is 2.05 bits per heavy atom. The summed E-state index contributed by atoms with van der Waals surface area (Å²) in [6.07, 6.45) is 3.00. The zero-order valence-electron chi connectivity index (χ0n) is 12.1. The van der Waals surface area contributed by atoms with Gasteiger partial charge in [-0.25, -0.2) is 0 Å². The summed E-state index contributed by atoms with van der Waals surface area (Å²) in [4.78, 5) is 14.4. The number of carbonyl (C=O) groups excluding carboxylic acids is 1. The monoisotopic (exact) mass is 264 g/mol. The van der Waals surface area contributed by atoms with Crippen LogP contribution in [0.25, 0.3) is 0 Å². The highest BCUT2D eigenvalue weighted by Gasteiger charge is 2.29. The zero-order valence-corrected chi connectivity index (χ0v) is 12.1. The number of likely N-dealkylation sites (tertiary alicyclic amines) is 1. The van der Waals surface area contributed by atoms with E-state index in [9.17, 15) is 4.79 Å². The Kier molecular flexibility index (Phi) is 4.12. The third-order valence-electron chi connectivity index (χ3n) is 3.74. The van der Waals surface area contributed by atoms with E-state index in [0.717, 1.165) is 31.6 Å². The van der Waals surface area contributed by atoms with Gasteiger partial charge in [0, 0.05) is 13.1 Å². The van der Waals surface area contributed by atoms with Crippen LogP contribution in [0.5, 0.6) is 0 Å². The molecule has 0 bridgehead atoms. The average Bonchev–Trinajstić information content (AvgIpc) is 2.70. The topological polar surface area (TPSA) is 75.0 Å². The van der Waals surface area contributed by atoms with Crippen LogP contribution in [-0.2, 0) is 6.42 Å². The Labute approximate surface area is 114 Å². The molecule has 106 valence electrons. The second kappa shape index (κ2) is 5.63. The van der Waals surface area contributed by atoms with Crippen molar-refractivity contribution in [1.29, 1.82) is 0 Å². The molecule has 2 atom stereocenters. The van der Waals surface area contributed by atoms with Crippen LogP contribution in [0.1, 0.15) is 49.8 Å². The molecule has 0 spiro atoms. The summed E-state index contributed by atoms with van der Waals surface area (Å²) in [6.45, 7) is 8.06. The van der Waals surface area contributed by atoms with E-state index in [0.29, 0.717) is 23.2 Å². The minimum Gasteiger partial charge on any atom is -0.395 e. The summed E-state index contributed by atoms with van der Waals surface area (Å²) >= 11 is 0. The standard InChI is InChI=1S/C14H24N4O/c1-4-5-11-12(15)13(17-16-11)14(19)18-7-9(2)6-10(3)8-18/h9-10H,4-8,15H2,1-3H3,(H,16,17). The number of amides is 1. The SMILES string of the molecule is CCCc1[nH]nc(C(=O)N2CC(C)CC(C)C2)c1N. The number of anilines is 1. The molecule has 3 N–H and O–H groups in total. The Morgan fingerprint density at radius 3 is 2.63 bits per heavy atom. The van der Waals surface area contributed by atoms with Crippen LogP contribution in [0, 0.1) is 11.8 Å². The van der Waals surface area contributed by atoms with Crippen LogP contribution in [0.2, 0.25) is 0 Å². The molecular weight excluding hydrogens is 240 g/mol.